The number of hydrogen-bond donors (Lipinski definition) is 1. The number of nitrogens with one attached hydrogen (secondary N) is 1. The third-order valence-electron chi connectivity index (χ3n) is 4.47. The molecule has 0 radical (unpaired) electrons. The van der Waals surface area contributed by atoms with Crippen LogP contribution in [0.25, 0.3) is 17.0 Å². The molecule has 0 atom stereocenters. The van der Waals surface area contributed by atoms with Crippen LogP contribution in [0.4, 0.5) is 0 Å². The predicted octanol–water partition coefficient (Wildman–Crippen LogP) is 5.45. The van der Waals surface area contributed by atoms with E-state index < -0.39 is 11.8 Å². The number of fused-ring (bicyclic) bond motifs is 1. The molecule has 31 heavy (non-hydrogen) atoms. The fourth-order valence-electron chi connectivity index (χ4n) is 2.99. The molecule has 1 aliphatic heterocycles. The van der Waals surface area contributed by atoms with Gasteiger partial charge in [-0.1, -0.05) is 23.4 Å². The first-order valence-corrected chi connectivity index (χ1v) is 11.1. The van der Waals surface area contributed by atoms with E-state index in [1.165, 1.54) is 18.7 Å². The van der Waals surface area contributed by atoms with E-state index in [0.717, 1.165) is 32.5 Å². The summed E-state index contributed by atoms with van der Waals surface area (Å²) in [5, 5.41) is 10.0. The maximum atomic E-state index is 12.6. The second-order valence-corrected chi connectivity index (χ2v) is 9.10. The standard InChI is InChI=1S/C22H16ClN3O3S2/c1-12(27)26-21(28)19(31-22(26)24)11-14-9-13-10-16(29-2)5-8-18(13)25-20(14)30-17-6-3-15(23)4-7-17/h3-11,24H,1-2H3. The summed E-state index contributed by atoms with van der Waals surface area (Å²) in [6.07, 6.45) is 1.68. The van der Waals surface area contributed by atoms with Crippen molar-refractivity contribution in [3.63, 3.8) is 0 Å². The zero-order valence-electron chi connectivity index (χ0n) is 16.5. The van der Waals surface area contributed by atoms with Gasteiger partial charge in [0.05, 0.1) is 17.5 Å². The number of ether oxygens (including phenoxy) is 1. The Morgan fingerprint density at radius 3 is 2.61 bits per heavy atom. The predicted molar refractivity (Wildman–Crippen MR) is 125 cm³/mol. The van der Waals surface area contributed by atoms with E-state index in [1.54, 1.807) is 25.3 Å². The minimum atomic E-state index is -0.504. The van der Waals surface area contributed by atoms with Gasteiger partial charge in [-0.05, 0) is 66.4 Å². The van der Waals surface area contributed by atoms with Crippen LogP contribution in [0.1, 0.15) is 12.5 Å². The van der Waals surface area contributed by atoms with Crippen molar-refractivity contribution in [3.8, 4) is 5.75 Å². The lowest BCUT2D eigenvalue weighted by Gasteiger charge is -2.10. The van der Waals surface area contributed by atoms with Crippen LogP contribution in [0, 0.1) is 5.41 Å². The van der Waals surface area contributed by atoms with E-state index in [1.807, 2.05) is 36.4 Å². The number of rotatable bonds is 4. The van der Waals surface area contributed by atoms with Crippen molar-refractivity contribution in [1.29, 1.82) is 5.41 Å². The van der Waals surface area contributed by atoms with Gasteiger partial charge in [-0.15, -0.1) is 0 Å². The van der Waals surface area contributed by atoms with Crippen LogP contribution < -0.4 is 4.74 Å². The Bertz CT molecular complexity index is 1260. The van der Waals surface area contributed by atoms with Gasteiger partial charge in [0.25, 0.3) is 5.91 Å². The van der Waals surface area contributed by atoms with E-state index in [4.69, 9.17) is 26.7 Å². The molecule has 9 heteroatoms. The van der Waals surface area contributed by atoms with Crippen molar-refractivity contribution in [2.45, 2.75) is 16.8 Å². The number of imide groups is 1. The van der Waals surface area contributed by atoms with Crippen LogP contribution in [0.15, 0.2) is 63.4 Å². The first-order chi connectivity index (χ1) is 14.9. The molecule has 1 fully saturated rings. The lowest BCUT2D eigenvalue weighted by molar-refractivity contribution is -0.135. The smallest absolute Gasteiger partial charge is 0.273 e. The van der Waals surface area contributed by atoms with Gasteiger partial charge in [-0.2, -0.15) is 0 Å². The van der Waals surface area contributed by atoms with Crippen LogP contribution in [0.3, 0.4) is 0 Å². The van der Waals surface area contributed by atoms with Gasteiger partial charge >= 0.3 is 0 Å². The summed E-state index contributed by atoms with van der Waals surface area (Å²) in [4.78, 5) is 31.3. The number of carbonyl (C=O) groups is 2. The number of carbonyl (C=O) groups excluding carboxylic acids is 2. The zero-order chi connectivity index (χ0) is 22.1. The molecular formula is C22H16ClN3O3S2. The van der Waals surface area contributed by atoms with E-state index in [9.17, 15) is 9.59 Å². The Kier molecular flexibility index (Phi) is 6.04. The average molecular weight is 470 g/mol. The molecule has 0 unspecified atom stereocenters. The molecule has 0 saturated carbocycles. The Balaban J connectivity index is 1.82. The van der Waals surface area contributed by atoms with Gasteiger partial charge in [0, 0.05) is 27.8 Å². The Morgan fingerprint density at radius 1 is 1.23 bits per heavy atom. The molecule has 2 amide bonds. The second kappa shape index (κ2) is 8.74. The number of pyridine rings is 1. The molecule has 1 aliphatic rings. The van der Waals surface area contributed by atoms with Crippen LogP contribution in [0.5, 0.6) is 5.75 Å². The molecule has 0 bridgehead atoms. The third-order valence-corrected chi connectivity index (χ3v) is 6.64. The monoisotopic (exact) mass is 469 g/mol. The minimum Gasteiger partial charge on any atom is -0.497 e. The number of hydrogen-bond acceptors (Lipinski definition) is 7. The molecule has 4 rings (SSSR count). The minimum absolute atomic E-state index is 0.105. The highest BCUT2D eigenvalue weighted by Crippen LogP contribution is 2.37. The van der Waals surface area contributed by atoms with E-state index in [2.05, 4.69) is 0 Å². The highest BCUT2D eigenvalue weighted by atomic mass is 35.5. The molecule has 2 heterocycles. The fourth-order valence-corrected chi connectivity index (χ4v) is 4.87. The van der Waals surface area contributed by atoms with Gasteiger partial charge in [0.2, 0.25) is 5.91 Å². The van der Waals surface area contributed by atoms with Crippen molar-refractivity contribution in [2.24, 2.45) is 0 Å². The molecule has 0 aliphatic carbocycles. The highest BCUT2D eigenvalue weighted by molar-refractivity contribution is 8.18. The third kappa shape index (κ3) is 4.46. The number of nitrogens with zero attached hydrogens (tertiary/aromatic N) is 2. The summed E-state index contributed by atoms with van der Waals surface area (Å²) in [5.74, 6) is -0.291. The normalized spacial score (nSPS) is 15.2. The molecule has 1 N–H and O–H groups in total. The molecule has 1 saturated heterocycles. The highest BCUT2D eigenvalue weighted by Gasteiger charge is 2.35. The van der Waals surface area contributed by atoms with Crippen molar-refractivity contribution >= 4 is 69.1 Å². The second-order valence-electron chi connectivity index (χ2n) is 6.57. The average Bonchev–Trinajstić information content (AvgIpc) is 3.02. The van der Waals surface area contributed by atoms with Gasteiger partial charge in [0.15, 0.2) is 5.17 Å². The number of halogens is 1. The van der Waals surface area contributed by atoms with Gasteiger partial charge < -0.3 is 4.74 Å². The molecule has 6 nitrogen and oxygen atoms in total. The van der Waals surface area contributed by atoms with Crippen molar-refractivity contribution < 1.29 is 14.3 Å². The van der Waals surface area contributed by atoms with Crippen LogP contribution in [0.2, 0.25) is 5.02 Å². The molecule has 156 valence electrons. The van der Waals surface area contributed by atoms with Gasteiger partial charge in [0.1, 0.15) is 10.8 Å². The van der Waals surface area contributed by atoms with Crippen LogP contribution >= 0.6 is 35.1 Å². The molecule has 0 spiro atoms. The number of amidine groups is 1. The summed E-state index contributed by atoms with van der Waals surface area (Å²) >= 11 is 8.39. The summed E-state index contributed by atoms with van der Waals surface area (Å²) in [6.45, 7) is 1.27. The number of amides is 2. The SMILES string of the molecule is COc1ccc2nc(Sc3ccc(Cl)cc3)c(C=C3SC(=N)N(C(C)=O)C3=O)cc2c1. The van der Waals surface area contributed by atoms with Crippen LogP contribution in [-0.4, -0.2) is 34.0 Å². The molecule has 2 aromatic carbocycles. The Morgan fingerprint density at radius 2 is 1.97 bits per heavy atom. The van der Waals surface area contributed by atoms with Crippen molar-refractivity contribution in [3.05, 3.63) is 64.0 Å². The quantitative estimate of drug-likeness (QED) is 0.512. The lowest BCUT2D eigenvalue weighted by Crippen LogP contribution is -2.32. The maximum Gasteiger partial charge on any atom is 0.273 e. The number of benzene rings is 2. The summed E-state index contributed by atoms with van der Waals surface area (Å²) < 4.78 is 5.31. The van der Waals surface area contributed by atoms with Crippen molar-refractivity contribution in [2.75, 3.05) is 7.11 Å². The van der Waals surface area contributed by atoms with Crippen LogP contribution in [-0.2, 0) is 9.59 Å². The largest absolute Gasteiger partial charge is 0.497 e. The number of aromatic nitrogens is 1. The number of methoxy groups -OCH3 is 1. The molecule has 3 aromatic rings. The first-order valence-electron chi connectivity index (χ1n) is 9.11. The van der Waals surface area contributed by atoms with E-state index in [0.29, 0.717) is 26.3 Å². The Labute approximate surface area is 192 Å². The summed E-state index contributed by atoms with van der Waals surface area (Å²) in [6, 6.07) is 14.9. The topological polar surface area (TPSA) is 83.3 Å². The van der Waals surface area contributed by atoms with E-state index in [-0.39, 0.29) is 5.17 Å². The maximum absolute atomic E-state index is 12.6. The van der Waals surface area contributed by atoms with Gasteiger partial charge in [-0.25, -0.2) is 9.88 Å². The first kappa shape index (κ1) is 21.4. The molecular weight excluding hydrogens is 454 g/mol. The van der Waals surface area contributed by atoms with E-state index >= 15 is 0 Å². The lowest BCUT2D eigenvalue weighted by atomic mass is 10.1. The summed E-state index contributed by atoms with van der Waals surface area (Å²) in [5.41, 5.74) is 1.48. The number of thioether (sulfide) groups is 1. The Hall–Kier alpha value is -2.81. The fraction of sp³-hybridized carbons (Fsp3) is 0.0909. The zero-order valence-corrected chi connectivity index (χ0v) is 18.9. The van der Waals surface area contributed by atoms with Gasteiger partial charge in [-0.3, -0.25) is 15.0 Å². The van der Waals surface area contributed by atoms with Crippen molar-refractivity contribution in [1.82, 2.24) is 9.88 Å². The summed E-state index contributed by atoms with van der Waals surface area (Å²) in [7, 11) is 1.60. The molecule has 1 aromatic heterocycles.